The number of hydrogen-bond acceptors (Lipinski definition) is 1. The van der Waals surface area contributed by atoms with Gasteiger partial charge in [0.25, 0.3) is 0 Å². The highest BCUT2D eigenvalue weighted by Crippen LogP contribution is 2.65. The van der Waals surface area contributed by atoms with Gasteiger partial charge in [0, 0.05) is 15.2 Å². The molecular weight excluding hydrogens is 573 g/mol. The third-order valence-electron chi connectivity index (χ3n) is 10.9. The summed E-state index contributed by atoms with van der Waals surface area (Å²) in [6.45, 7) is 4.74. The maximum absolute atomic E-state index is 2.43. The Balaban J connectivity index is 1.32. The van der Waals surface area contributed by atoms with Gasteiger partial charge in [0.15, 0.2) is 0 Å². The van der Waals surface area contributed by atoms with Crippen molar-refractivity contribution in [2.24, 2.45) is 0 Å². The number of allylic oxidation sites excluding steroid dienone is 2. The van der Waals surface area contributed by atoms with Crippen LogP contribution in [0.2, 0.25) is 0 Å². The zero-order valence-corrected chi connectivity index (χ0v) is 26.8. The molecule has 0 N–H and O–H groups in total. The van der Waals surface area contributed by atoms with Gasteiger partial charge in [-0.2, -0.15) is 0 Å². The van der Waals surface area contributed by atoms with Gasteiger partial charge < -0.3 is 0 Å². The summed E-state index contributed by atoms with van der Waals surface area (Å²) >= 11 is 1.90. The molecule has 0 aromatic heterocycles. The zero-order valence-electron chi connectivity index (χ0n) is 26.0. The van der Waals surface area contributed by atoms with Gasteiger partial charge in [0.1, 0.15) is 0 Å². The lowest BCUT2D eigenvalue weighted by atomic mass is 9.68. The summed E-state index contributed by atoms with van der Waals surface area (Å²) in [6.07, 6.45) is 2.22. The van der Waals surface area contributed by atoms with E-state index in [0.717, 1.165) is 12.8 Å². The molecule has 3 aliphatic rings. The summed E-state index contributed by atoms with van der Waals surface area (Å²) in [4.78, 5) is 2.68. The predicted molar refractivity (Wildman–Crippen MR) is 196 cm³/mol. The van der Waals surface area contributed by atoms with E-state index in [0.29, 0.717) is 0 Å². The minimum absolute atomic E-state index is 0.316. The Kier molecular flexibility index (Phi) is 5.49. The highest BCUT2D eigenvalue weighted by atomic mass is 32.2. The Morgan fingerprint density at radius 3 is 2.13 bits per heavy atom. The monoisotopic (exact) mass is 604 g/mol. The first-order valence-corrected chi connectivity index (χ1v) is 17.3. The molecule has 7 aromatic rings. The second-order valence-corrected chi connectivity index (χ2v) is 14.1. The normalized spacial score (nSPS) is 17.0. The first kappa shape index (κ1) is 26.4. The number of hydrogen-bond donors (Lipinski definition) is 0. The lowest BCUT2D eigenvalue weighted by Gasteiger charge is -2.32. The van der Waals surface area contributed by atoms with Crippen molar-refractivity contribution in [3.63, 3.8) is 0 Å². The van der Waals surface area contributed by atoms with Gasteiger partial charge in [0.2, 0.25) is 0 Å². The van der Waals surface area contributed by atoms with Crippen LogP contribution in [0.4, 0.5) is 0 Å². The molecule has 1 aliphatic heterocycles. The summed E-state index contributed by atoms with van der Waals surface area (Å²) in [5.74, 6) is 0. The third-order valence-corrected chi connectivity index (χ3v) is 12.0. The smallest absolute Gasteiger partial charge is 0.0688 e. The molecule has 1 atom stereocenters. The largest absolute Gasteiger partial charge is 0.0888 e. The van der Waals surface area contributed by atoms with Crippen LogP contribution < -0.4 is 0 Å². The van der Waals surface area contributed by atoms with E-state index in [9.17, 15) is 0 Å². The molecule has 1 spiro atoms. The summed E-state index contributed by atoms with van der Waals surface area (Å²) in [7, 11) is 0. The minimum Gasteiger partial charge on any atom is -0.0888 e. The molecule has 1 heterocycles. The summed E-state index contributed by atoms with van der Waals surface area (Å²) in [5.41, 5.74) is 16.5. The van der Waals surface area contributed by atoms with Crippen molar-refractivity contribution < 1.29 is 0 Å². The van der Waals surface area contributed by atoms with Crippen LogP contribution in [0.3, 0.4) is 0 Å². The second-order valence-electron chi connectivity index (χ2n) is 13.0. The fraction of sp³-hybridized carbons (Fsp3) is 0.111. The maximum atomic E-state index is 2.43. The zero-order chi connectivity index (χ0) is 30.6. The van der Waals surface area contributed by atoms with Gasteiger partial charge in [-0.3, -0.25) is 0 Å². The average Bonchev–Trinajstić information content (AvgIpc) is 3.55. The summed E-state index contributed by atoms with van der Waals surface area (Å²) in [6, 6.07) is 50.6. The Morgan fingerprint density at radius 1 is 0.522 bits per heavy atom. The van der Waals surface area contributed by atoms with E-state index < -0.39 is 0 Å². The van der Waals surface area contributed by atoms with Crippen molar-refractivity contribution in [1.82, 2.24) is 0 Å². The molecule has 0 amide bonds. The van der Waals surface area contributed by atoms with Crippen LogP contribution in [-0.4, -0.2) is 0 Å². The fourth-order valence-corrected chi connectivity index (χ4v) is 10.3. The molecule has 7 aromatic carbocycles. The molecule has 2 aliphatic carbocycles. The average molecular weight is 605 g/mol. The molecule has 0 bridgehead atoms. The van der Waals surface area contributed by atoms with Crippen LogP contribution >= 0.6 is 11.8 Å². The van der Waals surface area contributed by atoms with Crippen LogP contribution in [0.1, 0.15) is 48.9 Å². The molecule has 218 valence electrons. The summed E-state index contributed by atoms with van der Waals surface area (Å²) < 4.78 is 0. The fourth-order valence-electron chi connectivity index (χ4n) is 9.16. The summed E-state index contributed by atoms with van der Waals surface area (Å²) in [5, 5.41) is 5.39. The molecule has 0 saturated heterocycles. The quantitative estimate of drug-likeness (QED) is 0.193. The predicted octanol–water partition coefficient (Wildman–Crippen LogP) is 12.7. The standard InChI is InChI=1S/C45H32S/c1-3-12-29-27(2)45(44-30-14-5-4-13-28(30)23-24-36(29)44)38-20-8-6-16-37(38)42-33(19-11-21-39(42)45)31-25-26-41-43-34(31)17-10-18-35(43)32-15-7-9-22-40(32)46-41/h4-11,13-26H,3,12H2,1-2H3. The molecule has 1 heteroatoms. The van der Waals surface area contributed by atoms with E-state index >= 15 is 0 Å². The number of fused-ring (bicyclic) bond motifs is 11. The van der Waals surface area contributed by atoms with E-state index in [2.05, 4.69) is 147 Å². The highest BCUT2D eigenvalue weighted by molar-refractivity contribution is 7.99. The minimum atomic E-state index is -0.316. The molecule has 0 nitrogen and oxygen atoms in total. The van der Waals surface area contributed by atoms with Crippen molar-refractivity contribution in [2.45, 2.75) is 41.9 Å². The van der Waals surface area contributed by atoms with Crippen molar-refractivity contribution in [3.8, 4) is 33.4 Å². The number of rotatable bonds is 3. The second kappa shape index (κ2) is 9.58. The van der Waals surface area contributed by atoms with Crippen LogP contribution in [0.25, 0.3) is 60.5 Å². The molecule has 0 radical (unpaired) electrons. The van der Waals surface area contributed by atoms with Gasteiger partial charge >= 0.3 is 0 Å². The van der Waals surface area contributed by atoms with Gasteiger partial charge in [-0.05, 0) is 103 Å². The highest BCUT2D eigenvalue weighted by Gasteiger charge is 2.52. The van der Waals surface area contributed by atoms with E-state index in [4.69, 9.17) is 0 Å². The maximum Gasteiger partial charge on any atom is 0.0688 e. The van der Waals surface area contributed by atoms with Crippen molar-refractivity contribution in [2.75, 3.05) is 0 Å². The molecule has 10 rings (SSSR count). The lowest BCUT2D eigenvalue weighted by molar-refractivity contribution is 0.771. The van der Waals surface area contributed by atoms with E-state index in [1.165, 1.54) is 98.1 Å². The molecule has 1 unspecified atom stereocenters. The van der Waals surface area contributed by atoms with Gasteiger partial charge in [0.05, 0.1) is 5.41 Å². The lowest BCUT2D eigenvalue weighted by Crippen LogP contribution is -2.26. The van der Waals surface area contributed by atoms with Crippen LogP contribution in [0.5, 0.6) is 0 Å². The Hall–Kier alpha value is -4.85. The van der Waals surface area contributed by atoms with Crippen LogP contribution in [0.15, 0.2) is 149 Å². The van der Waals surface area contributed by atoms with E-state index in [-0.39, 0.29) is 5.41 Å². The van der Waals surface area contributed by atoms with E-state index in [1.54, 1.807) is 0 Å². The van der Waals surface area contributed by atoms with Crippen LogP contribution in [0, 0.1) is 0 Å². The Bertz CT molecular complexity index is 2480. The van der Waals surface area contributed by atoms with Crippen LogP contribution in [-0.2, 0) is 5.41 Å². The van der Waals surface area contributed by atoms with Gasteiger partial charge in [-0.1, -0.05) is 152 Å². The first-order valence-electron chi connectivity index (χ1n) is 16.5. The Labute approximate surface area is 274 Å². The SMILES string of the molecule is CCCC1=C(C)C2(c3ccccc3-c3c(-c4ccc5c6c(cccc46)-c4ccccc4S5)cccc32)c2c1ccc1ccccc21. The van der Waals surface area contributed by atoms with Crippen molar-refractivity contribution >= 4 is 38.9 Å². The van der Waals surface area contributed by atoms with Gasteiger partial charge in [-0.15, -0.1) is 0 Å². The molecule has 0 saturated carbocycles. The molecule has 46 heavy (non-hydrogen) atoms. The number of benzene rings is 7. The van der Waals surface area contributed by atoms with Crippen molar-refractivity contribution in [1.29, 1.82) is 0 Å². The Morgan fingerprint density at radius 2 is 1.22 bits per heavy atom. The van der Waals surface area contributed by atoms with Crippen molar-refractivity contribution in [3.05, 3.63) is 161 Å². The topological polar surface area (TPSA) is 0 Å². The molecular formula is C45H32S. The first-order chi connectivity index (χ1) is 22.7. The third kappa shape index (κ3) is 3.21. The van der Waals surface area contributed by atoms with E-state index in [1.807, 2.05) is 11.8 Å². The van der Waals surface area contributed by atoms with Gasteiger partial charge in [-0.25, -0.2) is 0 Å². The molecule has 0 fully saturated rings.